The van der Waals surface area contributed by atoms with Crippen molar-refractivity contribution in [1.82, 2.24) is 15.0 Å². The topological polar surface area (TPSA) is 115 Å². The predicted molar refractivity (Wildman–Crippen MR) is 113 cm³/mol. The van der Waals surface area contributed by atoms with Gasteiger partial charge < -0.3 is 24.6 Å². The largest absolute Gasteiger partial charge is 0.491 e. The Morgan fingerprint density at radius 2 is 2.00 bits per heavy atom. The molecule has 4 rings (SSSR count). The maximum absolute atomic E-state index is 12.8. The fourth-order valence-electron chi connectivity index (χ4n) is 4.42. The van der Waals surface area contributed by atoms with Gasteiger partial charge in [-0.25, -0.2) is 4.79 Å². The first-order valence-electron chi connectivity index (χ1n) is 10.5. The highest BCUT2D eigenvalue weighted by atomic mass is 16.5. The number of aromatic nitrogens is 1. The van der Waals surface area contributed by atoms with E-state index < -0.39 is 6.10 Å². The lowest BCUT2D eigenvalue weighted by Crippen LogP contribution is -2.57. The molecule has 3 atom stereocenters. The van der Waals surface area contributed by atoms with Gasteiger partial charge in [-0.15, -0.1) is 0 Å². The Morgan fingerprint density at radius 1 is 1.32 bits per heavy atom. The zero-order valence-corrected chi connectivity index (χ0v) is 17.7. The SMILES string of the molecule is Cc1noc(C)c1NC(=O)N1CC2CCC(C1)N2CC(O)COc1ccc(C#N)cc1. The van der Waals surface area contributed by atoms with Crippen molar-refractivity contribution in [3.63, 3.8) is 0 Å². The van der Waals surface area contributed by atoms with Gasteiger partial charge in [0.1, 0.15) is 29.8 Å². The maximum atomic E-state index is 12.8. The van der Waals surface area contributed by atoms with Crippen molar-refractivity contribution in [2.24, 2.45) is 0 Å². The van der Waals surface area contributed by atoms with Crippen LogP contribution in [0, 0.1) is 25.2 Å². The Balaban J connectivity index is 1.28. The molecule has 0 aliphatic carbocycles. The average Bonchev–Trinajstić information content (AvgIpc) is 3.19. The van der Waals surface area contributed by atoms with E-state index in [9.17, 15) is 9.90 Å². The number of benzene rings is 1. The minimum absolute atomic E-state index is 0.143. The van der Waals surface area contributed by atoms with Gasteiger partial charge in [0.2, 0.25) is 0 Å². The van der Waals surface area contributed by atoms with Gasteiger partial charge in [0.25, 0.3) is 0 Å². The number of nitrogens with zero attached hydrogens (tertiary/aromatic N) is 4. The summed E-state index contributed by atoms with van der Waals surface area (Å²) in [4.78, 5) is 16.9. The highest BCUT2D eigenvalue weighted by Crippen LogP contribution is 2.31. The van der Waals surface area contributed by atoms with E-state index in [4.69, 9.17) is 14.5 Å². The van der Waals surface area contributed by atoms with E-state index in [2.05, 4.69) is 21.4 Å². The molecule has 9 nitrogen and oxygen atoms in total. The molecule has 2 amide bonds. The molecule has 0 saturated carbocycles. The van der Waals surface area contributed by atoms with E-state index in [1.807, 2.05) is 4.90 Å². The van der Waals surface area contributed by atoms with Crippen LogP contribution < -0.4 is 10.1 Å². The lowest BCUT2D eigenvalue weighted by molar-refractivity contribution is 0.0213. The summed E-state index contributed by atoms with van der Waals surface area (Å²) in [7, 11) is 0. The number of piperazine rings is 1. The molecule has 2 saturated heterocycles. The van der Waals surface area contributed by atoms with Gasteiger partial charge in [-0.3, -0.25) is 4.90 Å². The van der Waals surface area contributed by atoms with Crippen LogP contribution >= 0.6 is 0 Å². The second-order valence-corrected chi connectivity index (χ2v) is 8.22. The molecule has 3 unspecified atom stereocenters. The standard InChI is InChI=1S/C22H27N5O4/c1-14-21(15(2)31-25-14)24-22(29)26-10-17-5-6-18(11-26)27(17)12-19(28)13-30-20-7-3-16(9-23)4-8-20/h3-4,7-8,17-19,28H,5-6,10-13H2,1-2H3,(H,24,29). The van der Waals surface area contributed by atoms with Gasteiger partial charge in [0.05, 0.1) is 11.6 Å². The van der Waals surface area contributed by atoms with Crippen molar-refractivity contribution in [3.8, 4) is 11.8 Å². The highest BCUT2D eigenvalue weighted by molar-refractivity contribution is 5.90. The van der Waals surface area contributed by atoms with Gasteiger partial charge in [-0.1, -0.05) is 5.16 Å². The summed E-state index contributed by atoms with van der Waals surface area (Å²) < 4.78 is 10.8. The van der Waals surface area contributed by atoms with Crippen LogP contribution in [0.4, 0.5) is 10.5 Å². The Morgan fingerprint density at radius 3 is 2.58 bits per heavy atom. The summed E-state index contributed by atoms with van der Waals surface area (Å²) >= 11 is 0. The number of carbonyl (C=O) groups is 1. The fourth-order valence-corrected chi connectivity index (χ4v) is 4.42. The van der Waals surface area contributed by atoms with E-state index in [0.717, 1.165) is 12.8 Å². The number of aryl methyl sites for hydroxylation is 2. The number of nitrogens with one attached hydrogen (secondary N) is 1. The van der Waals surface area contributed by atoms with E-state index in [1.54, 1.807) is 38.1 Å². The van der Waals surface area contributed by atoms with Crippen LogP contribution in [-0.4, -0.2) is 70.5 Å². The first kappa shape index (κ1) is 21.2. The zero-order chi connectivity index (χ0) is 22.0. The maximum Gasteiger partial charge on any atom is 0.322 e. The fraction of sp³-hybridized carbons (Fsp3) is 0.500. The Kier molecular flexibility index (Phi) is 6.11. The quantitative estimate of drug-likeness (QED) is 0.730. The zero-order valence-electron chi connectivity index (χ0n) is 17.7. The number of nitriles is 1. The number of aliphatic hydroxyl groups is 1. The van der Waals surface area contributed by atoms with Gasteiger partial charge in [-0.2, -0.15) is 5.26 Å². The molecular formula is C22H27N5O4. The number of carbonyl (C=O) groups excluding carboxylic acids is 1. The van der Waals surface area contributed by atoms with Crippen molar-refractivity contribution in [1.29, 1.82) is 5.26 Å². The van der Waals surface area contributed by atoms with Crippen LogP contribution in [0.3, 0.4) is 0 Å². The molecular weight excluding hydrogens is 398 g/mol. The number of hydrogen-bond donors (Lipinski definition) is 2. The molecule has 2 aliphatic rings. The third kappa shape index (κ3) is 4.65. The van der Waals surface area contributed by atoms with E-state index in [0.29, 0.717) is 48.1 Å². The number of fused-ring (bicyclic) bond motifs is 2. The molecule has 31 heavy (non-hydrogen) atoms. The summed E-state index contributed by atoms with van der Waals surface area (Å²) in [5.41, 5.74) is 1.87. The number of anilines is 1. The van der Waals surface area contributed by atoms with Crippen LogP contribution in [0.2, 0.25) is 0 Å². The van der Waals surface area contributed by atoms with Gasteiger partial charge in [0, 0.05) is 31.7 Å². The first-order valence-corrected chi connectivity index (χ1v) is 10.5. The molecule has 3 heterocycles. The minimum Gasteiger partial charge on any atom is -0.491 e. The molecule has 2 N–H and O–H groups in total. The Bertz CT molecular complexity index is 934. The van der Waals surface area contributed by atoms with Crippen LogP contribution in [0.1, 0.15) is 29.9 Å². The van der Waals surface area contributed by atoms with Crippen molar-refractivity contribution in [2.75, 3.05) is 31.6 Å². The van der Waals surface area contributed by atoms with Crippen LogP contribution in [-0.2, 0) is 0 Å². The van der Waals surface area contributed by atoms with Crippen molar-refractivity contribution in [2.45, 2.75) is 44.9 Å². The molecule has 1 aromatic heterocycles. The molecule has 2 aromatic rings. The molecule has 2 fully saturated rings. The third-order valence-corrected chi connectivity index (χ3v) is 6.03. The number of likely N-dealkylation sites (tertiary alicyclic amines) is 1. The Hall–Kier alpha value is -3.09. The summed E-state index contributed by atoms with van der Waals surface area (Å²) in [6.45, 7) is 5.50. The molecule has 2 bridgehead atoms. The summed E-state index contributed by atoms with van der Waals surface area (Å²) in [5.74, 6) is 1.22. The summed E-state index contributed by atoms with van der Waals surface area (Å²) in [5, 5.41) is 26.2. The molecule has 9 heteroatoms. The lowest BCUT2D eigenvalue weighted by atomic mass is 10.1. The van der Waals surface area contributed by atoms with Gasteiger partial charge in [-0.05, 0) is 51.0 Å². The normalized spacial score (nSPS) is 21.5. The second-order valence-electron chi connectivity index (χ2n) is 8.22. The molecule has 164 valence electrons. The molecule has 2 aliphatic heterocycles. The predicted octanol–water partition coefficient (Wildman–Crippen LogP) is 2.28. The van der Waals surface area contributed by atoms with Crippen molar-refractivity contribution < 1.29 is 19.2 Å². The number of urea groups is 1. The summed E-state index contributed by atoms with van der Waals surface area (Å²) in [6, 6.07) is 9.20. The lowest BCUT2D eigenvalue weighted by Gasteiger charge is -2.41. The molecule has 1 aromatic carbocycles. The number of aliphatic hydroxyl groups excluding tert-OH is 1. The monoisotopic (exact) mass is 425 g/mol. The third-order valence-electron chi connectivity index (χ3n) is 6.03. The van der Waals surface area contributed by atoms with E-state index in [-0.39, 0.29) is 24.7 Å². The number of amides is 2. The minimum atomic E-state index is -0.638. The second kappa shape index (κ2) is 8.96. The van der Waals surface area contributed by atoms with E-state index in [1.165, 1.54) is 0 Å². The first-order chi connectivity index (χ1) is 14.9. The van der Waals surface area contributed by atoms with Crippen molar-refractivity contribution in [3.05, 3.63) is 41.3 Å². The average molecular weight is 425 g/mol. The Labute approximate surface area is 181 Å². The van der Waals surface area contributed by atoms with Gasteiger partial charge >= 0.3 is 6.03 Å². The molecule has 0 radical (unpaired) electrons. The van der Waals surface area contributed by atoms with Crippen LogP contribution in [0.15, 0.2) is 28.8 Å². The van der Waals surface area contributed by atoms with E-state index >= 15 is 0 Å². The highest BCUT2D eigenvalue weighted by Gasteiger charge is 2.42. The van der Waals surface area contributed by atoms with Crippen molar-refractivity contribution >= 4 is 11.7 Å². The van der Waals surface area contributed by atoms with Gasteiger partial charge in [0.15, 0.2) is 5.76 Å². The number of rotatable bonds is 6. The van der Waals surface area contributed by atoms with Crippen LogP contribution in [0.5, 0.6) is 5.75 Å². The van der Waals surface area contributed by atoms with Crippen LogP contribution in [0.25, 0.3) is 0 Å². The molecule has 0 spiro atoms. The smallest absolute Gasteiger partial charge is 0.322 e. The number of hydrogen-bond acceptors (Lipinski definition) is 7. The number of ether oxygens (including phenoxy) is 1. The summed E-state index contributed by atoms with van der Waals surface area (Å²) in [6.07, 6.45) is 1.37.